The predicted molar refractivity (Wildman–Crippen MR) is 123 cm³/mol. The van der Waals surface area contributed by atoms with Crippen molar-refractivity contribution in [2.45, 2.75) is 18.9 Å². The molecule has 2 aromatic carbocycles. The molecule has 168 valence electrons. The number of imide groups is 1. The van der Waals surface area contributed by atoms with E-state index < -0.39 is 0 Å². The smallest absolute Gasteiger partial charge is 0.317 e. The second-order valence-electron chi connectivity index (χ2n) is 9.60. The molecule has 4 aliphatic rings. The first-order valence-corrected chi connectivity index (χ1v) is 11.8. The molecule has 2 heterocycles. The van der Waals surface area contributed by atoms with Crippen molar-refractivity contribution in [3.63, 3.8) is 0 Å². The second kappa shape index (κ2) is 7.87. The van der Waals surface area contributed by atoms with Crippen LogP contribution in [-0.2, 0) is 16.1 Å². The number of hydrogen-bond donors (Lipinski definition) is 1. The average Bonchev–Trinajstić information content (AvgIpc) is 3.53. The van der Waals surface area contributed by atoms with Gasteiger partial charge < -0.3 is 10.2 Å². The van der Waals surface area contributed by atoms with Crippen molar-refractivity contribution in [1.29, 1.82) is 0 Å². The molecule has 1 saturated heterocycles. The van der Waals surface area contributed by atoms with Crippen LogP contribution in [0.2, 0.25) is 0 Å². The van der Waals surface area contributed by atoms with Gasteiger partial charge in [0.2, 0.25) is 11.8 Å². The molecule has 6 heteroatoms. The average molecular weight is 442 g/mol. The number of fused-ring (bicyclic) bond motifs is 6. The van der Waals surface area contributed by atoms with Gasteiger partial charge in [0, 0.05) is 32.1 Å². The number of nitrogens with zero attached hydrogens (tertiary/aromatic N) is 2. The number of rotatable bonds is 4. The summed E-state index contributed by atoms with van der Waals surface area (Å²) in [6, 6.07) is 18.4. The molecule has 6 rings (SSSR count). The van der Waals surface area contributed by atoms with E-state index in [0.29, 0.717) is 13.1 Å². The number of amides is 4. The zero-order valence-electron chi connectivity index (χ0n) is 18.4. The summed E-state index contributed by atoms with van der Waals surface area (Å²) in [4.78, 5) is 41.9. The molecule has 2 aliphatic heterocycles. The summed E-state index contributed by atoms with van der Waals surface area (Å²) in [5.41, 5.74) is 3.59. The second-order valence-corrected chi connectivity index (χ2v) is 9.60. The molecule has 1 saturated carbocycles. The van der Waals surface area contributed by atoms with Crippen LogP contribution in [0.25, 0.3) is 0 Å². The molecule has 2 fully saturated rings. The van der Waals surface area contributed by atoms with E-state index in [-0.39, 0.29) is 60.5 Å². The van der Waals surface area contributed by atoms with Crippen molar-refractivity contribution < 1.29 is 14.4 Å². The standard InChI is InChI=1S/C27H27N3O3/c31-25-23-18-10-11-19(14-18)24(23)26(32)30(25)13-12-28-27(33)29-15-20-8-4-5-9-21(20)22(16-29)17-6-2-1-3-7-17/h1-11,18-19,22-24H,12-16H2,(H,28,33). The van der Waals surface area contributed by atoms with E-state index in [1.54, 1.807) is 0 Å². The van der Waals surface area contributed by atoms with Crippen LogP contribution < -0.4 is 5.32 Å². The van der Waals surface area contributed by atoms with Gasteiger partial charge in [-0.15, -0.1) is 0 Å². The Morgan fingerprint density at radius 3 is 2.30 bits per heavy atom. The van der Waals surface area contributed by atoms with E-state index in [1.807, 2.05) is 35.2 Å². The monoisotopic (exact) mass is 441 g/mol. The minimum absolute atomic E-state index is 0.0628. The number of carbonyl (C=O) groups excluding carboxylic acids is 3. The van der Waals surface area contributed by atoms with E-state index in [4.69, 9.17) is 0 Å². The molecule has 5 unspecified atom stereocenters. The Labute approximate surface area is 193 Å². The van der Waals surface area contributed by atoms with Crippen LogP contribution in [-0.4, -0.2) is 47.3 Å². The van der Waals surface area contributed by atoms with Crippen molar-refractivity contribution in [2.75, 3.05) is 19.6 Å². The Morgan fingerprint density at radius 1 is 0.909 bits per heavy atom. The van der Waals surface area contributed by atoms with Gasteiger partial charge in [-0.25, -0.2) is 4.79 Å². The highest BCUT2D eigenvalue weighted by Crippen LogP contribution is 2.52. The summed E-state index contributed by atoms with van der Waals surface area (Å²) in [6.07, 6.45) is 5.12. The van der Waals surface area contributed by atoms with Gasteiger partial charge in [-0.1, -0.05) is 66.7 Å². The van der Waals surface area contributed by atoms with Crippen molar-refractivity contribution in [3.05, 3.63) is 83.4 Å². The predicted octanol–water partition coefficient (Wildman–Crippen LogP) is 3.15. The number of carbonyl (C=O) groups is 3. The minimum atomic E-state index is -0.187. The molecule has 2 aliphatic carbocycles. The first kappa shape index (κ1) is 20.2. The largest absolute Gasteiger partial charge is 0.336 e. The van der Waals surface area contributed by atoms with E-state index in [0.717, 1.165) is 12.0 Å². The van der Waals surface area contributed by atoms with Crippen LogP contribution in [0.3, 0.4) is 0 Å². The van der Waals surface area contributed by atoms with Gasteiger partial charge >= 0.3 is 6.03 Å². The van der Waals surface area contributed by atoms with Gasteiger partial charge in [0.1, 0.15) is 0 Å². The maximum atomic E-state index is 13.0. The van der Waals surface area contributed by atoms with Crippen molar-refractivity contribution in [3.8, 4) is 0 Å². The third kappa shape index (κ3) is 3.27. The Bertz CT molecular complexity index is 1110. The molecule has 5 atom stereocenters. The molecular weight excluding hydrogens is 414 g/mol. The van der Waals surface area contributed by atoms with Crippen molar-refractivity contribution in [2.24, 2.45) is 23.7 Å². The lowest BCUT2D eigenvalue weighted by molar-refractivity contribution is -0.140. The fourth-order valence-corrected chi connectivity index (χ4v) is 6.30. The fraction of sp³-hybridized carbons (Fsp3) is 0.370. The van der Waals surface area contributed by atoms with Crippen LogP contribution in [0.4, 0.5) is 4.79 Å². The molecule has 0 spiro atoms. The van der Waals surface area contributed by atoms with Gasteiger partial charge in [-0.2, -0.15) is 0 Å². The fourth-order valence-electron chi connectivity index (χ4n) is 6.30. The van der Waals surface area contributed by atoms with Gasteiger partial charge in [0.25, 0.3) is 0 Å². The van der Waals surface area contributed by atoms with E-state index in [1.165, 1.54) is 16.0 Å². The molecule has 0 radical (unpaired) electrons. The zero-order chi connectivity index (χ0) is 22.5. The van der Waals surface area contributed by atoms with E-state index in [9.17, 15) is 14.4 Å². The Morgan fingerprint density at radius 2 is 1.58 bits per heavy atom. The summed E-state index contributed by atoms with van der Waals surface area (Å²) >= 11 is 0. The van der Waals surface area contributed by atoms with Crippen LogP contribution in [0.1, 0.15) is 29.0 Å². The molecule has 2 aromatic rings. The van der Waals surface area contributed by atoms with Gasteiger partial charge in [0.15, 0.2) is 0 Å². The highest BCUT2D eigenvalue weighted by molar-refractivity contribution is 6.06. The lowest BCUT2D eigenvalue weighted by Gasteiger charge is -2.35. The maximum Gasteiger partial charge on any atom is 0.317 e. The third-order valence-electron chi connectivity index (χ3n) is 7.86. The molecule has 33 heavy (non-hydrogen) atoms. The SMILES string of the molecule is O=C(NCCN1C(=O)C2C3C=CC(C3)C2C1=O)N1Cc2ccccc2C(c2ccccc2)C1. The Balaban J connectivity index is 1.11. The van der Waals surface area contributed by atoms with Crippen molar-refractivity contribution in [1.82, 2.24) is 15.1 Å². The number of urea groups is 1. The topological polar surface area (TPSA) is 69.7 Å². The van der Waals surface area contributed by atoms with Crippen LogP contribution in [0.15, 0.2) is 66.7 Å². The molecule has 0 aromatic heterocycles. The van der Waals surface area contributed by atoms with E-state index >= 15 is 0 Å². The molecular formula is C27H27N3O3. The number of nitrogens with one attached hydrogen (secondary N) is 1. The van der Waals surface area contributed by atoms with Gasteiger partial charge in [-0.3, -0.25) is 14.5 Å². The van der Waals surface area contributed by atoms with Gasteiger partial charge in [-0.05, 0) is 34.9 Å². The molecule has 2 bridgehead atoms. The molecule has 1 N–H and O–H groups in total. The zero-order valence-corrected chi connectivity index (χ0v) is 18.4. The van der Waals surface area contributed by atoms with Crippen LogP contribution in [0, 0.1) is 23.7 Å². The Hall–Kier alpha value is -3.41. The number of likely N-dealkylation sites (tertiary alicyclic amines) is 1. The minimum Gasteiger partial charge on any atom is -0.336 e. The van der Waals surface area contributed by atoms with Crippen LogP contribution in [0.5, 0.6) is 0 Å². The van der Waals surface area contributed by atoms with E-state index in [2.05, 4.69) is 41.7 Å². The lowest BCUT2D eigenvalue weighted by atomic mass is 9.85. The number of hydrogen-bond acceptors (Lipinski definition) is 3. The van der Waals surface area contributed by atoms with Crippen LogP contribution >= 0.6 is 0 Å². The summed E-state index contributed by atoms with van der Waals surface area (Å²) in [5.74, 6) is 0.0332. The molecule has 4 amide bonds. The first-order chi connectivity index (χ1) is 16.1. The maximum absolute atomic E-state index is 13.0. The van der Waals surface area contributed by atoms with Crippen molar-refractivity contribution >= 4 is 17.8 Å². The first-order valence-electron chi connectivity index (χ1n) is 11.8. The highest BCUT2D eigenvalue weighted by Gasteiger charge is 2.58. The highest BCUT2D eigenvalue weighted by atomic mass is 16.2. The summed E-state index contributed by atoms with van der Waals surface area (Å²) < 4.78 is 0. The summed E-state index contributed by atoms with van der Waals surface area (Å²) in [5, 5.41) is 2.95. The summed E-state index contributed by atoms with van der Waals surface area (Å²) in [6.45, 7) is 1.65. The Kier molecular flexibility index (Phi) is 4.82. The number of allylic oxidation sites excluding steroid dienone is 2. The summed E-state index contributed by atoms with van der Waals surface area (Å²) in [7, 11) is 0. The quantitative estimate of drug-likeness (QED) is 0.585. The third-order valence-corrected chi connectivity index (χ3v) is 7.86. The normalized spacial score (nSPS) is 29.4. The number of benzene rings is 2. The van der Waals surface area contributed by atoms with Gasteiger partial charge in [0.05, 0.1) is 11.8 Å². The lowest BCUT2D eigenvalue weighted by Crippen LogP contribution is -2.47. The molecule has 6 nitrogen and oxygen atoms in total.